The highest BCUT2D eigenvalue weighted by atomic mass is 16.5. The zero-order valence-electron chi connectivity index (χ0n) is 16.8. The summed E-state index contributed by atoms with van der Waals surface area (Å²) in [5, 5.41) is 3.04. The van der Waals surface area contributed by atoms with E-state index in [1.807, 2.05) is 30.3 Å². The molecule has 2 aromatic rings. The number of aryl methyl sites for hydroxylation is 1. The first kappa shape index (κ1) is 20.1. The van der Waals surface area contributed by atoms with Crippen LogP contribution in [0.3, 0.4) is 0 Å². The van der Waals surface area contributed by atoms with Gasteiger partial charge in [-0.3, -0.25) is 9.78 Å². The number of pyridine rings is 1. The first-order valence-corrected chi connectivity index (χ1v) is 10.00. The molecule has 148 valence electrons. The van der Waals surface area contributed by atoms with Crippen LogP contribution in [-0.4, -0.2) is 29.0 Å². The van der Waals surface area contributed by atoms with E-state index in [1.54, 1.807) is 26.0 Å². The van der Waals surface area contributed by atoms with E-state index >= 15 is 0 Å². The van der Waals surface area contributed by atoms with Gasteiger partial charge in [0.05, 0.1) is 17.0 Å². The second kappa shape index (κ2) is 9.00. The fraction of sp³-hybridized carbons (Fsp3) is 0.435. The number of amides is 1. The molecule has 3 unspecified atom stereocenters. The quantitative estimate of drug-likeness (QED) is 0.786. The van der Waals surface area contributed by atoms with Gasteiger partial charge in [0, 0.05) is 11.6 Å². The summed E-state index contributed by atoms with van der Waals surface area (Å²) in [6.07, 6.45) is 3.61. The monoisotopic (exact) mass is 380 g/mol. The second-order valence-corrected chi connectivity index (χ2v) is 7.62. The van der Waals surface area contributed by atoms with E-state index in [2.05, 4.69) is 17.2 Å². The van der Waals surface area contributed by atoms with Crippen LogP contribution in [0.4, 0.5) is 0 Å². The average Bonchev–Trinajstić information content (AvgIpc) is 2.70. The molecule has 5 nitrogen and oxygen atoms in total. The lowest BCUT2D eigenvalue weighted by atomic mass is 9.86. The number of rotatable bonds is 5. The summed E-state index contributed by atoms with van der Waals surface area (Å²) in [5.41, 5.74) is 2.75. The Morgan fingerprint density at radius 2 is 1.82 bits per heavy atom. The van der Waals surface area contributed by atoms with Crippen molar-refractivity contribution in [3.63, 3.8) is 0 Å². The van der Waals surface area contributed by atoms with Crippen molar-refractivity contribution in [1.29, 1.82) is 0 Å². The van der Waals surface area contributed by atoms with Crippen molar-refractivity contribution in [1.82, 2.24) is 10.3 Å². The SMILES string of the molecule is Cc1nc(-c2ccccc2)ccc1C(=O)OC(C)C(=O)NC1CCCCC1C. The van der Waals surface area contributed by atoms with Crippen molar-refractivity contribution in [2.24, 2.45) is 5.92 Å². The minimum Gasteiger partial charge on any atom is -0.449 e. The van der Waals surface area contributed by atoms with Crippen molar-refractivity contribution in [2.45, 2.75) is 58.6 Å². The minimum atomic E-state index is -0.838. The van der Waals surface area contributed by atoms with Gasteiger partial charge in [0.25, 0.3) is 5.91 Å². The number of carbonyl (C=O) groups is 2. The van der Waals surface area contributed by atoms with Crippen molar-refractivity contribution in [3.8, 4) is 11.3 Å². The maximum atomic E-state index is 12.5. The average molecular weight is 380 g/mol. The Hall–Kier alpha value is -2.69. The number of ether oxygens (including phenoxy) is 1. The Bertz CT molecular complexity index is 835. The van der Waals surface area contributed by atoms with Gasteiger partial charge < -0.3 is 10.1 Å². The number of carbonyl (C=O) groups excluding carboxylic acids is 2. The van der Waals surface area contributed by atoms with E-state index in [0.717, 1.165) is 30.5 Å². The van der Waals surface area contributed by atoms with E-state index < -0.39 is 12.1 Å². The van der Waals surface area contributed by atoms with E-state index in [0.29, 0.717) is 17.2 Å². The Kier molecular flexibility index (Phi) is 6.45. The third-order valence-corrected chi connectivity index (χ3v) is 5.47. The molecule has 28 heavy (non-hydrogen) atoms. The fourth-order valence-electron chi connectivity index (χ4n) is 3.65. The van der Waals surface area contributed by atoms with Crippen molar-refractivity contribution in [2.75, 3.05) is 0 Å². The molecule has 0 spiro atoms. The van der Waals surface area contributed by atoms with Gasteiger partial charge in [-0.2, -0.15) is 0 Å². The molecule has 1 amide bonds. The number of nitrogens with zero attached hydrogens (tertiary/aromatic N) is 1. The van der Waals surface area contributed by atoms with Crippen LogP contribution >= 0.6 is 0 Å². The third kappa shape index (κ3) is 4.77. The van der Waals surface area contributed by atoms with Gasteiger partial charge in [-0.05, 0) is 44.7 Å². The molecule has 3 atom stereocenters. The molecule has 1 aromatic heterocycles. The lowest BCUT2D eigenvalue weighted by Crippen LogP contribution is -2.46. The van der Waals surface area contributed by atoms with E-state index in [9.17, 15) is 9.59 Å². The van der Waals surface area contributed by atoms with Gasteiger partial charge in [0.1, 0.15) is 0 Å². The van der Waals surface area contributed by atoms with Crippen LogP contribution in [0.2, 0.25) is 0 Å². The topological polar surface area (TPSA) is 68.3 Å². The van der Waals surface area contributed by atoms with Gasteiger partial charge in [-0.15, -0.1) is 0 Å². The molecular weight excluding hydrogens is 352 g/mol. The van der Waals surface area contributed by atoms with Crippen molar-refractivity contribution in [3.05, 3.63) is 53.7 Å². The molecular formula is C23H28N2O3. The molecule has 0 radical (unpaired) electrons. The van der Waals surface area contributed by atoms with Gasteiger partial charge in [0.2, 0.25) is 0 Å². The summed E-state index contributed by atoms with van der Waals surface area (Å²) in [7, 11) is 0. The predicted molar refractivity (Wildman–Crippen MR) is 109 cm³/mol. The number of nitrogens with one attached hydrogen (secondary N) is 1. The standard InChI is InChI=1S/C23H28N2O3/c1-15-9-7-8-12-20(15)25-22(26)17(3)28-23(27)19-13-14-21(24-16(19)2)18-10-5-4-6-11-18/h4-6,10-11,13-15,17,20H,7-9,12H2,1-3H3,(H,25,26). The summed E-state index contributed by atoms with van der Waals surface area (Å²) in [5.74, 6) is -0.305. The summed E-state index contributed by atoms with van der Waals surface area (Å²) in [6, 6.07) is 13.5. The molecule has 0 bridgehead atoms. The molecule has 0 saturated heterocycles. The van der Waals surface area contributed by atoms with Gasteiger partial charge in [-0.1, -0.05) is 50.1 Å². The number of benzene rings is 1. The Balaban J connectivity index is 1.63. The Morgan fingerprint density at radius 3 is 2.50 bits per heavy atom. The number of esters is 1. The molecule has 1 aliphatic rings. The van der Waals surface area contributed by atoms with Gasteiger partial charge >= 0.3 is 5.97 Å². The summed E-state index contributed by atoms with van der Waals surface area (Å²) in [4.78, 5) is 29.5. The van der Waals surface area contributed by atoms with Crippen molar-refractivity contribution >= 4 is 11.9 Å². The van der Waals surface area contributed by atoms with Crippen LogP contribution in [0.5, 0.6) is 0 Å². The smallest absolute Gasteiger partial charge is 0.340 e. The minimum absolute atomic E-state index is 0.163. The van der Waals surface area contributed by atoms with Crippen molar-refractivity contribution < 1.29 is 14.3 Å². The predicted octanol–water partition coefficient (Wildman–Crippen LogP) is 4.30. The van der Waals surface area contributed by atoms with Crippen LogP contribution in [-0.2, 0) is 9.53 Å². The molecule has 1 aromatic carbocycles. The van der Waals surface area contributed by atoms with E-state index in [1.165, 1.54) is 6.42 Å². The highest BCUT2D eigenvalue weighted by molar-refractivity contribution is 5.93. The maximum Gasteiger partial charge on any atom is 0.340 e. The highest BCUT2D eigenvalue weighted by Gasteiger charge is 2.27. The summed E-state index contributed by atoms with van der Waals surface area (Å²) < 4.78 is 5.41. The molecule has 1 fully saturated rings. The van der Waals surface area contributed by atoms with E-state index in [-0.39, 0.29) is 11.9 Å². The summed E-state index contributed by atoms with van der Waals surface area (Å²) in [6.45, 7) is 5.55. The number of hydrogen-bond acceptors (Lipinski definition) is 4. The number of hydrogen-bond donors (Lipinski definition) is 1. The Labute approximate surface area is 166 Å². The van der Waals surface area contributed by atoms with Crippen LogP contribution < -0.4 is 5.32 Å². The molecule has 3 rings (SSSR count). The van der Waals surface area contributed by atoms with Crippen LogP contribution in [0.15, 0.2) is 42.5 Å². The first-order chi connectivity index (χ1) is 13.5. The molecule has 1 N–H and O–H groups in total. The number of aromatic nitrogens is 1. The molecule has 0 aliphatic heterocycles. The fourth-order valence-corrected chi connectivity index (χ4v) is 3.65. The van der Waals surface area contributed by atoms with Crippen LogP contribution in [0, 0.1) is 12.8 Å². The lowest BCUT2D eigenvalue weighted by Gasteiger charge is -2.30. The first-order valence-electron chi connectivity index (χ1n) is 10.00. The Morgan fingerprint density at radius 1 is 1.11 bits per heavy atom. The normalized spacial score (nSPS) is 20.2. The van der Waals surface area contributed by atoms with Crippen LogP contribution in [0.1, 0.15) is 55.6 Å². The zero-order valence-corrected chi connectivity index (χ0v) is 16.8. The molecule has 1 saturated carbocycles. The second-order valence-electron chi connectivity index (χ2n) is 7.62. The largest absolute Gasteiger partial charge is 0.449 e. The lowest BCUT2D eigenvalue weighted by molar-refractivity contribution is -0.130. The van der Waals surface area contributed by atoms with Crippen LogP contribution in [0.25, 0.3) is 11.3 Å². The molecule has 1 heterocycles. The maximum absolute atomic E-state index is 12.5. The van der Waals surface area contributed by atoms with Gasteiger partial charge in [-0.25, -0.2) is 4.79 Å². The third-order valence-electron chi connectivity index (χ3n) is 5.47. The molecule has 1 aliphatic carbocycles. The summed E-state index contributed by atoms with van der Waals surface area (Å²) >= 11 is 0. The van der Waals surface area contributed by atoms with E-state index in [4.69, 9.17) is 4.74 Å². The molecule has 5 heteroatoms. The van der Waals surface area contributed by atoms with Gasteiger partial charge in [0.15, 0.2) is 6.10 Å². The zero-order chi connectivity index (χ0) is 20.1. The highest BCUT2D eigenvalue weighted by Crippen LogP contribution is 2.24.